The topological polar surface area (TPSA) is 182 Å². The number of nitrogens with one attached hydrogen (secondary N) is 4. The number of hydrogen-bond acceptors (Lipinski definition) is 10. The molecule has 12 rings (SSSR count). The number of phenols is 1. The number of carbonyl (C=O) groups excluding carboxylic acids is 2. The number of Topliss-reactive ketones (excluding diaryl/α,β-unsaturated/α-hetero) is 2. The number of dihydropyridines is 1. The number of hydrogen-bond donors (Lipinski definition) is 8. The Hall–Kier alpha value is -5.38. The van der Waals surface area contributed by atoms with Crippen LogP contribution in [0.15, 0.2) is 90.4 Å². The van der Waals surface area contributed by atoms with E-state index in [0.29, 0.717) is 110 Å². The Morgan fingerprint density at radius 2 is 1.78 bits per heavy atom. The van der Waals surface area contributed by atoms with Crippen molar-refractivity contribution in [2.24, 2.45) is 58.5 Å². The number of aromatic amines is 1. The number of aliphatic hydroxyl groups is 2. The zero-order valence-electron chi connectivity index (χ0n) is 41.9. The number of carbonyl (C=O) groups is 2. The Morgan fingerprint density at radius 1 is 0.944 bits per heavy atom. The Labute approximate surface area is 424 Å². The molecule has 5 fully saturated rings. The van der Waals surface area contributed by atoms with E-state index >= 15 is 4.79 Å². The molecule has 16 unspecified atom stereocenters. The van der Waals surface area contributed by atoms with Gasteiger partial charge >= 0.3 is 0 Å². The summed E-state index contributed by atoms with van der Waals surface area (Å²) in [5.74, 6) is 11.5. The number of rotatable bonds is 11. The predicted octanol–water partition coefficient (Wildman–Crippen LogP) is 7.83. The first-order valence-corrected chi connectivity index (χ1v) is 27.4. The molecule has 16 atom stereocenters. The first-order valence-electron chi connectivity index (χ1n) is 27.4. The van der Waals surface area contributed by atoms with Gasteiger partial charge in [-0.1, -0.05) is 67.3 Å². The maximum Gasteiger partial charge on any atom is 0.160 e. The van der Waals surface area contributed by atoms with Gasteiger partial charge in [-0.3, -0.25) is 9.59 Å². The van der Waals surface area contributed by atoms with Crippen LogP contribution in [0.5, 0.6) is 11.5 Å². The number of aromatic nitrogens is 1. The van der Waals surface area contributed by atoms with Crippen molar-refractivity contribution in [1.29, 1.82) is 0 Å². The van der Waals surface area contributed by atoms with E-state index < -0.39 is 23.5 Å². The summed E-state index contributed by atoms with van der Waals surface area (Å²) in [5, 5.41) is 49.8. The number of phenolic OH excluding ortho intramolecular Hbond substituents is 1. The highest BCUT2D eigenvalue weighted by Crippen LogP contribution is 2.68. The van der Waals surface area contributed by atoms with Gasteiger partial charge in [0.25, 0.3) is 0 Å². The van der Waals surface area contributed by atoms with Crippen molar-refractivity contribution in [3.63, 3.8) is 0 Å². The van der Waals surface area contributed by atoms with Gasteiger partial charge in [0.2, 0.25) is 0 Å². The summed E-state index contributed by atoms with van der Waals surface area (Å²) in [6, 6.07) is 20.9. The number of H-pyrrole nitrogens is 1. The highest BCUT2D eigenvalue weighted by atomic mass is 16.5. The van der Waals surface area contributed by atoms with Gasteiger partial charge in [-0.15, -0.1) is 0 Å². The molecule has 11 heteroatoms. The molecule has 9 N–H and O–H groups in total. The van der Waals surface area contributed by atoms with Crippen LogP contribution in [0.25, 0.3) is 10.8 Å². The van der Waals surface area contributed by atoms with Crippen molar-refractivity contribution >= 4 is 22.3 Å². The molecule has 4 aromatic rings. The second-order valence-electron chi connectivity index (χ2n) is 23.1. The third kappa shape index (κ3) is 8.02. The lowest BCUT2D eigenvalue weighted by Gasteiger charge is -2.66. The van der Waals surface area contributed by atoms with Crippen LogP contribution in [0.1, 0.15) is 123 Å². The van der Waals surface area contributed by atoms with E-state index in [2.05, 4.69) is 88.4 Å². The lowest BCUT2D eigenvalue weighted by Crippen LogP contribution is -2.67. The molecule has 1 aromatic heterocycles. The van der Waals surface area contributed by atoms with E-state index in [1.165, 1.54) is 18.4 Å². The molecule has 0 bridgehead atoms. The number of aryl methyl sites for hydroxylation is 1. The zero-order chi connectivity index (χ0) is 49.4. The SMILES string of the molecule is CCNCC1C2c3[nH]ccc3C3CC(=O)CC4NCC(C5CCC6C(CCC7(C#CC(CCC(O)CC(C8=CCNC(N)=C8)c8ccc9ccccc9c8)c8cc(O)c(OC)cc8CCC7=O)C6O)C51)C2C43. The Morgan fingerprint density at radius 3 is 2.61 bits per heavy atom. The zero-order valence-corrected chi connectivity index (χ0v) is 41.9. The standard InChI is InChI=1S/C61H73N5O6/c1-3-63-31-49-55-41(48-32-66-50-29-40(68)28-47-43-19-23-65-59(43)58(49)57(48)56(47)50)13-14-44-42(55)17-21-61(60(44)71)20-16-34(46-30-51(69)52(72-2)25-37(46)11-15-53(61)70)10-12-39(67)27-45(38-18-22-64-54(62)26-38)36-9-8-33-6-4-5-7-35(33)24-36/h4-9,18-19,23-26,30,34,39,41-42,44-45,47-50,55-58,60,63-67,69,71H,3,10-15,17,21-22,27-29,31-32,62H2,1-2H3. The van der Waals surface area contributed by atoms with Crippen LogP contribution in [0.2, 0.25) is 0 Å². The Kier molecular flexibility index (Phi) is 12.7. The van der Waals surface area contributed by atoms with E-state index in [1.54, 1.807) is 6.07 Å². The molecule has 1 spiro atoms. The van der Waals surface area contributed by atoms with Gasteiger partial charge in [0.1, 0.15) is 11.2 Å². The molecule has 378 valence electrons. The number of aliphatic hydroxyl groups excluding tert-OH is 2. The molecule has 0 amide bonds. The number of benzene rings is 3. The average Bonchev–Trinajstić information content (AvgIpc) is 3.90. The molecule has 72 heavy (non-hydrogen) atoms. The smallest absolute Gasteiger partial charge is 0.160 e. The number of aromatic hydroxyl groups is 1. The fourth-order valence-corrected chi connectivity index (χ4v) is 16.9. The van der Waals surface area contributed by atoms with Crippen LogP contribution in [-0.4, -0.2) is 83.4 Å². The van der Waals surface area contributed by atoms with Crippen molar-refractivity contribution in [2.75, 3.05) is 33.3 Å². The van der Waals surface area contributed by atoms with Crippen LogP contribution in [0, 0.1) is 64.6 Å². The minimum absolute atomic E-state index is 0.000762. The molecular weight excluding hydrogens is 899 g/mol. The summed E-state index contributed by atoms with van der Waals surface area (Å²) in [6.45, 7) is 5.54. The van der Waals surface area contributed by atoms with Crippen LogP contribution in [0.3, 0.4) is 0 Å². The van der Waals surface area contributed by atoms with Crippen molar-refractivity contribution in [1.82, 2.24) is 20.9 Å². The lowest BCUT2D eigenvalue weighted by atomic mass is 9.40. The van der Waals surface area contributed by atoms with Crippen LogP contribution in [-0.2, 0) is 16.0 Å². The number of methoxy groups -OCH3 is 1. The summed E-state index contributed by atoms with van der Waals surface area (Å²) in [4.78, 5) is 32.1. The first-order chi connectivity index (χ1) is 35.0. The van der Waals surface area contributed by atoms with E-state index in [1.807, 2.05) is 24.3 Å². The van der Waals surface area contributed by atoms with Gasteiger partial charge in [-0.05, 0) is 187 Å². The van der Waals surface area contributed by atoms with Crippen molar-refractivity contribution in [2.45, 2.75) is 119 Å². The fourth-order valence-electron chi connectivity index (χ4n) is 16.9. The van der Waals surface area contributed by atoms with E-state index in [0.717, 1.165) is 71.9 Å². The highest BCUT2D eigenvalue weighted by molar-refractivity contribution is 5.89. The number of fused-ring (bicyclic) bond motifs is 9. The minimum atomic E-state index is -1.22. The molecule has 8 aliphatic rings. The van der Waals surface area contributed by atoms with Crippen molar-refractivity contribution in [3.8, 4) is 23.3 Å². The molecule has 4 saturated carbocycles. The normalized spacial score (nSPS) is 35.2. The second kappa shape index (κ2) is 19.1. The summed E-state index contributed by atoms with van der Waals surface area (Å²) >= 11 is 0. The number of ether oxygens (including phenoxy) is 1. The Bertz CT molecular complexity index is 2880. The predicted molar refractivity (Wildman–Crippen MR) is 279 cm³/mol. The molecule has 3 heterocycles. The maximum atomic E-state index is 15.1. The molecule has 2 aliphatic heterocycles. The molecular formula is C61H73N5O6. The van der Waals surface area contributed by atoms with Gasteiger partial charge < -0.3 is 46.7 Å². The molecule has 6 aliphatic carbocycles. The van der Waals surface area contributed by atoms with E-state index in [4.69, 9.17) is 10.5 Å². The van der Waals surface area contributed by atoms with E-state index in [9.17, 15) is 20.1 Å². The van der Waals surface area contributed by atoms with Gasteiger partial charge in [0, 0.05) is 61.5 Å². The highest BCUT2D eigenvalue weighted by Gasteiger charge is 2.65. The van der Waals surface area contributed by atoms with Crippen LogP contribution >= 0.6 is 0 Å². The van der Waals surface area contributed by atoms with Crippen molar-refractivity contribution < 1.29 is 29.6 Å². The molecule has 1 saturated heterocycles. The van der Waals surface area contributed by atoms with Gasteiger partial charge in [-0.25, -0.2) is 0 Å². The monoisotopic (exact) mass is 972 g/mol. The van der Waals surface area contributed by atoms with Crippen molar-refractivity contribution in [3.05, 3.63) is 118 Å². The molecule has 11 nitrogen and oxygen atoms in total. The quantitative estimate of drug-likeness (QED) is 0.0691. The fraction of sp³-hybridized carbons (Fsp3) is 0.541. The first kappa shape index (κ1) is 47.6. The largest absolute Gasteiger partial charge is 0.504 e. The number of ketones is 2. The Balaban J connectivity index is 0.854. The lowest BCUT2D eigenvalue weighted by molar-refractivity contribution is -0.165. The number of allylic oxidation sites excluding steroid dienone is 2. The van der Waals surface area contributed by atoms with Gasteiger partial charge in [-0.2, -0.15) is 0 Å². The van der Waals surface area contributed by atoms with Crippen LogP contribution in [0.4, 0.5) is 0 Å². The maximum absolute atomic E-state index is 15.1. The third-order valence-corrected chi connectivity index (χ3v) is 19.9. The second-order valence-corrected chi connectivity index (χ2v) is 23.1. The molecule has 0 radical (unpaired) electrons. The van der Waals surface area contributed by atoms with E-state index in [-0.39, 0.29) is 47.7 Å². The minimum Gasteiger partial charge on any atom is -0.504 e. The van der Waals surface area contributed by atoms with Gasteiger partial charge in [0.15, 0.2) is 17.3 Å². The summed E-state index contributed by atoms with van der Waals surface area (Å²) in [6.07, 6.45) is 11.2. The van der Waals surface area contributed by atoms with Crippen LogP contribution < -0.4 is 26.4 Å². The van der Waals surface area contributed by atoms with Gasteiger partial charge in [0.05, 0.1) is 25.1 Å². The summed E-state index contributed by atoms with van der Waals surface area (Å²) < 4.78 is 5.61. The molecule has 3 aromatic carbocycles. The number of piperidine rings is 1. The average molecular weight is 972 g/mol. The summed E-state index contributed by atoms with van der Waals surface area (Å²) in [7, 11) is 1.54. The summed E-state index contributed by atoms with van der Waals surface area (Å²) in [5.41, 5.74) is 11.7. The third-order valence-electron chi connectivity index (χ3n) is 19.9. The number of nitrogens with two attached hydrogens (primary N) is 1.